The third kappa shape index (κ3) is 4.84. The molecule has 0 saturated carbocycles. The van der Waals surface area contributed by atoms with Crippen LogP contribution in [0.3, 0.4) is 0 Å². The standard InChI is InChI=1S/C8H13NO4S/c1-4-7(5-2)9-14(11,12)6-8(10)13-3/h1,7,9H,5-6H2,2-3H3. The molecule has 0 fully saturated rings. The van der Waals surface area contributed by atoms with Gasteiger partial charge in [0.15, 0.2) is 5.75 Å². The Balaban J connectivity index is 4.36. The van der Waals surface area contributed by atoms with Crippen molar-refractivity contribution < 1.29 is 17.9 Å². The number of nitrogens with one attached hydrogen (secondary N) is 1. The van der Waals surface area contributed by atoms with Crippen molar-refractivity contribution in [3.05, 3.63) is 0 Å². The third-order valence-corrected chi connectivity index (χ3v) is 2.73. The van der Waals surface area contributed by atoms with Gasteiger partial charge in [0.05, 0.1) is 13.2 Å². The molecule has 0 aromatic rings. The minimum absolute atomic E-state index is 0.469. The fourth-order valence-corrected chi connectivity index (χ4v) is 1.89. The molecule has 0 aliphatic heterocycles. The highest BCUT2D eigenvalue weighted by atomic mass is 32.2. The summed E-state index contributed by atoms with van der Waals surface area (Å²) in [6, 6.07) is -0.579. The quantitative estimate of drug-likeness (QED) is 0.499. The summed E-state index contributed by atoms with van der Waals surface area (Å²) in [6.07, 6.45) is 5.53. The van der Waals surface area contributed by atoms with Crippen LogP contribution in [0.2, 0.25) is 0 Å². The zero-order valence-electron chi connectivity index (χ0n) is 8.11. The zero-order chi connectivity index (χ0) is 11.2. The molecular weight excluding hydrogens is 206 g/mol. The van der Waals surface area contributed by atoms with Gasteiger partial charge in [-0.05, 0) is 6.42 Å². The van der Waals surface area contributed by atoms with Crippen molar-refractivity contribution in [1.82, 2.24) is 4.72 Å². The average Bonchev–Trinajstić information content (AvgIpc) is 2.13. The lowest BCUT2D eigenvalue weighted by atomic mass is 10.3. The first-order valence-electron chi connectivity index (χ1n) is 3.98. The van der Waals surface area contributed by atoms with E-state index in [1.807, 2.05) is 0 Å². The smallest absolute Gasteiger partial charge is 0.322 e. The highest BCUT2D eigenvalue weighted by Gasteiger charge is 2.19. The zero-order valence-corrected chi connectivity index (χ0v) is 8.93. The molecule has 5 nitrogen and oxygen atoms in total. The normalized spacial score (nSPS) is 12.9. The van der Waals surface area contributed by atoms with E-state index in [-0.39, 0.29) is 0 Å². The highest BCUT2D eigenvalue weighted by Crippen LogP contribution is 1.94. The van der Waals surface area contributed by atoms with E-state index in [2.05, 4.69) is 15.4 Å². The molecule has 0 radical (unpaired) electrons. The SMILES string of the molecule is C#CC(CC)NS(=O)(=O)CC(=O)OC. The molecule has 0 saturated heterocycles. The van der Waals surface area contributed by atoms with Gasteiger partial charge in [-0.3, -0.25) is 4.79 Å². The number of methoxy groups -OCH3 is 1. The van der Waals surface area contributed by atoms with Crippen molar-refractivity contribution in [2.45, 2.75) is 19.4 Å². The number of hydrogen-bond acceptors (Lipinski definition) is 4. The van der Waals surface area contributed by atoms with Crippen molar-refractivity contribution in [1.29, 1.82) is 0 Å². The van der Waals surface area contributed by atoms with Crippen LogP contribution in [-0.4, -0.2) is 33.3 Å². The molecule has 6 heteroatoms. The lowest BCUT2D eigenvalue weighted by Crippen LogP contribution is -2.37. The first kappa shape index (κ1) is 12.9. The van der Waals surface area contributed by atoms with Crippen molar-refractivity contribution >= 4 is 16.0 Å². The van der Waals surface area contributed by atoms with Crippen molar-refractivity contribution in [3.63, 3.8) is 0 Å². The van der Waals surface area contributed by atoms with E-state index in [0.29, 0.717) is 6.42 Å². The number of ether oxygens (including phenoxy) is 1. The number of sulfonamides is 1. The average molecular weight is 219 g/mol. The van der Waals surface area contributed by atoms with Gasteiger partial charge in [0.2, 0.25) is 10.0 Å². The van der Waals surface area contributed by atoms with Crippen LogP contribution in [0.1, 0.15) is 13.3 Å². The second kappa shape index (κ2) is 5.62. The van der Waals surface area contributed by atoms with E-state index in [9.17, 15) is 13.2 Å². The number of rotatable bonds is 5. The molecule has 0 heterocycles. The second-order valence-electron chi connectivity index (χ2n) is 2.58. The fraction of sp³-hybridized carbons (Fsp3) is 0.625. The molecule has 0 aliphatic rings. The highest BCUT2D eigenvalue weighted by molar-refractivity contribution is 7.90. The van der Waals surface area contributed by atoms with Crippen LogP contribution in [-0.2, 0) is 19.6 Å². The summed E-state index contributed by atoms with van der Waals surface area (Å²) in [4.78, 5) is 10.7. The summed E-state index contributed by atoms with van der Waals surface area (Å²) in [5, 5.41) is 0. The molecule has 0 aliphatic carbocycles. The Kier molecular flexibility index (Phi) is 5.20. The van der Waals surface area contributed by atoms with Crippen LogP contribution in [0.4, 0.5) is 0 Å². The second-order valence-corrected chi connectivity index (χ2v) is 4.33. The fourth-order valence-electron chi connectivity index (χ4n) is 0.708. The topological polar surface area (TPSA) is 72.5 Å². The molecule has 1 unspecified atom stereocenters. The molecule has 0 aromatic carbocycles. The lowest BCUT2D eigenvalue weighted by molar-refractivity contribution is -0.137. The Bertz CT molecular complexity index is 328. The molecule has 80 valence electrons. The van der Waals surface area contributed by atoms with Crippen molar-refractivity contribution in [3.8, 4) is 12.3 Å². The summed E-state index contributed by atoms with van der Waals surface area (Å²) in [6.45, 7) is 1.74. The van der Waals surface area contributed by atoms with Crippen molar-refractivity contribution in [2.24, 2.45) is 0 Å². The van der Waals surface area contributed by atoms with Gasteiger partial charge >= 0.3 is 5.97 Å². The molecule has 0 rings (SSSR count). The Morgan fingerprint density at radius 2 is 2.21 bits per heavy atom. The predicted molar refractivity (Wildman–Crippen MR) is 51.9 cm³/mol. The van der Waals surface area contributed by atoms with Gasteiger partial charge in [0.1, 0.15) is 0 Å². The van der Waals surface area contributed by atoms with Crippen LogP contribution in [0.15, 0.2) is 0 Å². The van der Waals surface area contributed by atoms with Crippen LogP contribution in [0, 0.1) is 12.3 Å². The first-order chi connectivity index (χ1) is 6.45. The van der Waals surface area contributed by atoms with E-state index in [1.54, 1.807) is 6.92 Å². The van der Waals surface area contributed by atoms with E-state index in [4.69, 9.17) is 6.42 Å². The van der Waals surface area contributed by atoms with Crippen LogP contribution in [0.25, 0.3) is 0 Å². The molecule has 1 atom stereocenters. The largest absolute Gasteiger partial charge is 0.468 e. The minimum Gasteiger partial charge on any atom is -0.468 e. The molecule has 0 amide bonds. The third-order valence-electron chi connectivity index (χ3n) is 1.47. The monoisotopic (exact) mass is 219 g/mol. The lowest BCUT2D eigenvalue weighted by Gasteiger charge is -2.09. The number of carbonyl (C=O) groups is 1. The van der Waals surface area contributed by atoms with Crippen LogP contribution < -0.4 is 4.72 Å². The summed E-state index contributed by atoms with van der Waals surface area (Å²) >= 11 is 0. The van der Waals surface area contributed by atoms with Gasteiger partial charge in [-0.2, -0.15) is 4.72 Å². The Hall–Kier alpha value is -1.06. The number of terminal acetylenes is 1. The summed E-state index contributed by atoms with van der Waals surface area (Å²) < 4.78 is 28.9. The maximum atomic E-state index is 11.2. The maximum Gasteiger partial charge on any atom is 0.322 e. The summed E-state index contributed by atoms with van der Waals surface area (Å²) in [5.41, 5.74) is 0. The minimum atomic E-state index is -3.68. The Labute approximate surface area is 83.9 Å². The van der Waals surface area contributed by atoms with E-state index in [1.165, 1.54) is 0 Å². The van der Waals surface area contributed by atoms with Gasteiger partial charge < -0.3 is 4.74 Å². The van der Waals surface area contributed by atoms with Gasteiger partial charge in [-0.1, -0.05) is 12.8 Å². The van der Waals surface area contributed by atoms with Crippen LogP contribution >= 0.6 is 0 Å². The molecular formula is C8H13NO4S. The van der Waals surface area contributed by atoms with E-state index >= 15 is 0 Å². The molecule has 1 N–H and O–H groups in total. The summed E-state index contributed by atoms with van der Waals surface area (Å²) in [7, 11) is -2.56. The molecule has 0 bridgehead atoms. The van der Waals surface area contributed by atoms with Crippen LogP contribution in [0.5, 0.6) is 0 Å². The predicted octanol–water partition coefficient (Wildman–Crippen LogP) is -0.509. The maximum absolute atomic E-state index is 11.2. The first-order valence-corrected chi connectivity index (χ1v) is 5.63. The molecule has 14 heavy (non-hydrogen) atoms. The van der Waals surface area contributed by atoms with Crippen molar-refractivity contribution in [2.75, 3.05) is 12.9 Å². The van der Waals surface area contributed by atoms with Gasteiger partial charge in [-0.25, -0.2) is 8.42 Å². The molecule has 0 spiro atoms. The van der Waals surface area contributed by atoms with E-state index < -0.39 is 27.8 Å². The Morgan fingerprint density at radius 1 is 1.64 bits per heavy atom. The number of hydrogen-bond donors (Lipinski definition) is 1. The van der Waals surface area contributed by atoms with Gasteiger partial charge in [-0.15, -0.1) is 6.42 Å². The Morgan fingerprint density at radius 3 is 2.57 bits per heavy atom. The van der Waals surface area contributed by atoms with E-state index in [0.717, 1.165) is 7.11 Å². The van der Waals surface area contributed by atoms with Gasteiger partial charge in [0.25, 0.3) is 0 Å². The van der Waals surface area contributed by atoms with Gasteiger partial charge in [0, 0.05) is 0 Å². The number of esters is 1. The summed E-state index contributed by atoms with van der Waals surface area (Å²) in [5.74, 6) is 0.735. The number of carbonyl (C=O) groups excluding carboxylic acids is 1. The molecule has 0 aromatic heterocycles.